The summed E-state index contributed by atoms with van der Waals surface area (Å²) < 4.78 is 1.53. The van der Waals surface area contributed by atoms with E-state index in [4.69, 9.17) is 0 Å². The lowest BCUT2D eigenvalue weighted by Crippen LogP contribution is -2.23. The number of fused-ring (bicyclic) bond motifs is 1. The number of pyridine rings is 1. The number of hydrogen-bond acceptors (Lipinski definition) is 4. The maximum Gasteiger partial charge on any atom is 0.355 e. The average Bonchev–Trinajstić information content (AvgIpc) is 2.47. The predicted molar refractivity (Wildman–Crippen MR) is 79.4 cm³/mol. The molecule has 0 fully saturated rings. The van der Waals surface area contributed by atoms with Gasteiger partial charge in [-0.15, -0.1) is 0 Å². The lowest BCUT2D eigenvalue weighted by Gasteiger charge is -2.11. The molecule has 3 aromatic rings. The minimum atomic E-state index is -0.342. The minimum absolute atomic E-state index is 0.342. The van der Waals surface area contributed by atoms with Gasteiger partial charge in [-0.1, -0.05) is 18.2 Å². The second-order valence-electron chi connectivity index (χ2n) is 4.49. The molecule has 0 spiro atoms. The molecule has 20 heavy (non-hydrogen) atoms. The molecule has 0 radical (unpaired) electrons. The van der Waals surface area contributed by atoms with E-state index in [2.05, 4.69) is 15.3 Å². The molecule has 1 N–H and O–H groups in total. The monoisotopic (exact) mass is 266 g/mol. The molecule has 100 valence electrons. The Labute approximate surface area is 115 Å². The van der Waals surface area contributed by atoms with Gasteiger partial charge >= 0.3 is 5.69 Å². The van der Waals surface area contributed by atoms with Gasteiger partial charge in [0.2, 0.25) is 0 Å². The van der Waals surface area contributed by atoms with E-state index in [9.17, 15) is 4.79 Å². The van der Waals surface area contributed by atoms with Crippen molar-refractivity contribution in [3.63, 3.8) is 0 Å². The number of hydrogen-bond donors (Lipinski definition) is 1. The summed E-state index contributed by atoms with van der Waals surface area (Å²) in [5.41, 5.74) is 1.89. The zero-order valence-corrected chi connectivity index (χ0v) is 11.3. The van der Waals surface area contributed by atoms with Crippen molar-refractivity contribution in [1.82, 2.24) is 14.5 Å². The third kappa shape index (κ3) is 1.93. The third-order valence-electron chi connectivity index (χ3n) is 3.13. The number of rotatable bonds is 2. The Kier molecular flexibility index (Phi) is 2.95. The maximum atomic E-state index is 12.3. The fraction of sp³-hybridized carbons (Fsp3) is 0.133. The molecular formula is C15H14N4O. The first kappa shape index (κ1) is 12.3. The standard InChI is InChI=1S/C15H14N4O/c1-10-8-9-12-13(16-2)18-15(20)19(14(12)17-10)11-6-4-3-5-7-11/h3-9H,1-2H3,(H,16,18,20). The van der Waals surface area contributed by atoms with Gasteiger partial charge in [0.25, 0.3) is 0 Å². The third-order valence-corrected chi connectivity index (χ3v) is 3.13. The summed E-state index contributed by atoms with van der Waals surface area (Å²) in [4.78, 5) is 20.9. The summed E-state index contributed by atoms with van der Waals surface area (Å²) in [6.07, 6.45) is 0. The molecule has 0 amide bonds. The van der Waals surface area contributed by atoms with Gasteiger partial charge in [-0.25, -0.2) is 14.3 Å². The second kappa shape index (κ2) is 4.77. The number of para-hydroxylation sites is 1. The lowest BCUT2D eigenvalue weighted by molar-refractivity contribution is 0.938. The van der Waals surface area contributed by atoms with Crippen molar-refractivity contribution in [3.05, 3.63) is 58.6 Å². The summed E-state index contributed by atoms with van der Waals surface area (Å²) in [5.74, 6) is 0.546. The quantitative estimate of drug-likeness (QED) is 0.772. The van der Waals surface area contributed by atoms with E-state index in [1.807, 2.05) is 49.4 Å². The van der Waals surface area contributed by atoms with Gasteiger partial charge in [-0.05, 0) is 31.2 Å². The van der Waals surface area contributed by atoms with Crippen molar-refractivity contribution >= 4 is 16.9 Å². The van der Waals surface area contributed by atoms with E-state index in [1.165, 1.54) is 4.57 Å². The Bertz CT molecular complexity index is 824. The Balaban J connectivity index is 2.46. The van der Waals surface area contributed by atoms with E-state index in [0.29, 0.717) is 11.5 Å². The first-order valence-corrected chi connectivity index (χ1v) is 6.34. The minimum Gasteiger partial charge on any atom is -0.372 e. The molecule has 2 aromatic heterocycles. The van der Waals surface area contributed by atoms with E-state index >= 15 is 0 Å². The second-order valence-corrected chi connectivity index (χ2v) is 4.49. The molecule has 3 rings (SSSR count). The number of nitrogens with one attached hydrogen (secondary N) is 1. The highest BCUT2D eigenvalue weighted by Gasteiger charge is 2.12. The smallest absolute Gasteiger partial charge is 0.355 e. The molecule has 2 heterocycles. The van der Waals surface area contributed by atoms with E-state index in [1.54, 1.807) is 7.05 Å². The number of benzene rings is 1. The lowest BCUT2D eigenvalue weighted by atomic mass is 10.2. The highest BCUT2D eigenvalue weighted by molar-refractivity contribution is 5.87. The number of aryl methyl sites for hydroxylation is 1. The molecule has 0 aliphatic heterocycles. The largest absolute Gasteiger partial charge is 0.372 e. The molecule has 1 aromatic carbocycles. The molecule has 0 bridgehead atoms. The first-order chi connectivity index (χ1) is 9.70. The van der Waals surface area contributed by atoms with Gasteiger partial charge < -0.3 is 5.32 Å². The molecule has 0 atom stereocenters. The van der Waals surface area contributed by atoms with Gasteiger partial charge in [0.1, 0.15) is 5.82 Å². The Morgan fingerprint density at radius 3 is 2.50 bits per heavy atom. The van der Waals surface area contributed by atoms with E-state index in [0.717, 1.165) is 16.8 Å². The van der Waals surface area contributed by atoms with Crippen LogP contribution in [-0.4, -0.2) is 21.6 Å². The Morgan fingerprint density at radius 2 is 1.80 bits per heavy atom. The van der Waals surface area contributed by atoms with Crippen LogP contribution in [0.4, 0.5) is 5.82 Å². The van der Waals surface area contributed by atoms with Crippen molar-refractivity contribution in [2.75, 3.05) is 12.4 Å². The molecule has 0 saturated carbocycles. The summed E-state index contributed by atoms with van der Waals surface area (Å²) >= 11 is 0. The Hall–Kier alpha value is -2.69. The number of nitrogens with zero attached hydrogens (tertiary/aromatic N) is 3. The van der Waals surface area contributed by atoms with Crippen LogP contribution in [0.5, 0.6) is 0 Å². The molecule has 0 aliphatic carbocycles. The predicted octanol–water partition coefficient (Wildman–Crippen LogP) is 2.13. The van der Waals surface area contributed by atoms with Crippen LogP contribution in [0.15, 0.2) is 47.3 Å². The van der Waals surface area contributed by atoms with Crippen LogP contribution in [0.25, 0.3) is 16.7 Å². The SMILES string of the molecule is CNc1nc(=O)n(-c2ccccc2)c2nc(C)ccc12. The summed E-state index contributed by atoms with van der Waals surface area (Å²) in [6.45, 7) is 1.90. The first-order valence-electron chi connectivity index (χ1n) is 6.34. The van der Waals surface area contributed by atoms with Crippen molar-refractivity contribution < 1.29 is 0 Å². The molecule has 5 nitrogen and oxygen atoms in total. The molecule has 0 aliphatic rings. The van der Waals surface area contributed by atoms with Crippen LogP contribution < -0.4 is 11.0 Å². The van der Waals surface area contributed by atoms with Crippen LogP contribution in [-0.2, 0) is 0 Å². The van der Waals surface area contributed by atoms with Crippen LogP contribution in [0.3, 0.4) is 0 Å². The summed E-state index contributed by atoms with van der Waals surface area (Å²) in [6, 6.07) is 13.2. The van der Waals surface area contributed by atoms with Gasteiger partial charge in [0.15, 0.2) is 5.65 Å². The summed E-state index contributed by atoms with van der Waals surface area (Å²) in [5, 5.41) is 3.77. The Morgan fingerprint density at radius 1 is 1.05 bits per heavy atom. The zero-order chi connectivity index (χ0) is 14.1. The molecular weight excluding hydrogens is 252 g/mol. The number of aromatic nitrogens is 3. The van der Waals surface area contributed by atoms with Crippen molar-refractivity contribution in [2.45, 2.75) is 6.92 Å². The molecule has 0 saturated heterocycles. The van der Waals surface area contributed by atoms with Crippen molar-refractivity contribution in [2.24, 2.45) is 0 Å². The van der Waals surface area contributed by atoms with Gasteiger partial charge in [-0.2, -0.15) is 4.98 Å². The number of anilines is 1. The van der Waals surface area contributed by atoms with E-state index in [-0.39, 0.29) is 5.69 Å². The van der Waals surface area contributed by atoms with Crippen LogP contribution in [0.1, 0.15) is 5.69 Å². The highest BCUT2D eigenvalue weighted by Crippen LogP contribution is 2.20. The fourth-order valence-electron chi connectivity index (χ4n) is 2.20. The zero-order valence-electron chi connectivity index (χ0n) is 11.3. The van der Waals surface area contributed by atoms with Crippen molar-refractivity contribution in [3.8, 4) is 5.69 Å². The van der Waals surface area contributed by atoms with Crippen LogP contribution in [0.2, 0.25) is 0 Å². The van der Waals surface area contributed by atoms with Gasteiger partial charge in [0, 0.05) is 12.7 Å². The fourth-order valence-corrected chi connectivity index (χ4v) is 2.20. The van der Waals surface area contributed by atoms with Gasteiger partial charge in [0.05, 0.1) is 11.1 Å². The van der Waals surface area contributed by atoms with Crippen molar-refractivity contribution in [1.29, 1.82) is 0 Å². The summed E-state index contributed by atoms with van der Waals surface area (Å²) in [7, 11) is 1.74. The average molecular weight is 266 g/mol. The maximum absolute atomic E-state index is 12.3. The molecule has 5 heteroatoms. The van der Waals surface area contributed by atoms with Gasteiger partial charge in [-0.3, -0.25) is 0 Å². The van der Waals surface area contributed by atoms with Crippen LogP contribution >= 0.6 is 0 Å². The molecule has 0 unspecified atom stereocenters. The van der Waals surface area contributed by atoms with Crippen LogP contribution in [0, 0.1) is 6.92 Å². The topological polar surface area (TPSA) is 59.8 Å². The van der Waals surface area contributed by atoms with E-state index < -0.39 is 0 Å². The normalized spacial score (nSPS) is 10.7. The highest BCUT2D eigenvalue weighted by atomic mass is 16.1.